The number of anilines is 2. The van der Waals surface area contributed by atoms with Crippen LogP contribution in [-0.4, -0.2) is 29.3 Å². The lowest BCUT2D eigenvalue weighted by atomic mass is 10.1. The summed E-state index contributed by atoms with van der Waals surface area (Å²) in [6.07, 6.45) is 1.45. The number of aryl methyl sites for hydroxylation is 2. The number of rotatable bonds is 5. The lowest BCUT2D eigenvalue weighted by Crippen LogP contribution is -2.31. The van der Waals surface area contributed by atoms with Crippen molar-refractivity contribution in [2.75, 3.05) is 23.8 Å². The standard InChI is InChI=1S/C21H21N5O/c1-15-9-16(2)11-19(10-15)25(3)14-20(27)24-21-17(12-22)13-23-26(21)18-7-5-4-6-8-18/h4-11,13H,14H2,1-3H3,(H,24,27). The van der Waals surface area contributed by atoms with E-state index in [1.165, 1.54) is 6.20 Å². The molecule has 0 aliphatic heterocycles. The van der Waals surface area contributed by atoms with Gasteiger partial charge in [0.25, 0.3) is 0 Å². The van der Waals surface area contributed by atoms with Crippen LogP contribution in [0.15, 0.2) is 54.7 Å². The Bertz CT molecular complexity index is 981. The molecule has 0 fully saturated rings. The molecule has 1 N–H and O–H groups in total. The third kappa shape index (κ3) is 4.15. The van der Waals surface area contributed by atoms with Crippen LogP contribution in [0.5, 0.6) is 0 Å². The predicted molar refractivity (Wildman–Crippen MR) is 106 cm³/mol. The molecule has 0 saturated heterocycles. The topological polar surface area (TPSA) is 74.0 Å². The van der Waals surface area contributed by atoms with Crippen molar-refractivity contribution in [3.63, 3.8) is 0 Å². The number of benzene rings is 2. The van der Waals surface area contributed by atoms with Gasteiger partial charge in [-0.25, -0.2) is 4.68 Å². The minimum Gasteiger partial charge on any atom is -0.365 e. The summed E-state index contributed by atoms with van der Waals surface area (Å²) in [6.45, 7) is 4.22. The van der Waals surface area contributed by atoms with E-state index in [1.54, 1.807) is 4.68 Å². The number of carbonyl (C=O) groups excluding carboxylic acids is 1. The molecule has 2 aromatic carbocycles. The second-order valence-electron chi connectivity index (χ2n) is 6.52. The van der Waals surface area contributed by atoms with E-state index in [9.17, 15) is 10.1 Å². The van der Waals surface area contributed by atoms with Crippen molar-refractivity contribution in [3.05, 3.63) is 71.4 Å². The summed E-state index contributed by atoms with van der Waals surface area (Å²) < 4.78 is 1.56. The Balaban J connectivity index is 1.80. The molecule has 0 atom stereocenters. The summed E-state index contributed by atoms with van der Waals surface area (Å²) in [5.74, 6) is 0.161. The van der Waals surface area contributed by atoms with E-state index in [1.807, 2.05) is 68.3 Å². The highest BCUT2D eigenvalue weighted by molar-refractivity contribution is 5.94. The van der Waals surface area contributed by atoms with Crippen LogP contribution >= 0.6 is 0 Å². The molecular formula is C21H21N5O. The van der Waals surface area contributed by atoms with Gasteiger partial charge in [0.2, 0.25) is 5.91 Å². The first-order valence-electron chi connectivity index (χ1n) is 8.61. The Morgan fingerprint density at radius 1 is 1.19 bits per heavy atom. The first-order valence-corrected chi connectivity index (χ1v) is 8.61. The molecule has 3 aromatic rings. The van der Waals surface area contributed by atoms with Crippen LogP contribution in [0, 0.1) is 25.2 Å². The molecular weight excluding hydrogens is 338 g/mol. The van der Waals surface area contributed by atoms with Crippen LogP contribution in [0.1, 0.15) is 16.7 Å². The molecule has 0 radical (unpaired) electrons. The number of carbonyl (C=O) groups is 1. The van der Waals surface area contributed by atoms with Gasteiger partial charge in [-0.3, -0.25) is 4.79 Å². The SMILES string of the molecule is Cc1cc(C)cc(N(C)CC(=O)Nc2c(C#N)cnn2-c2ccccc2)c1. The maximum Gasteiger partial charge on any atom is 0.245 e. The summed E-state index contributed by atoms with van der Waals surface area (Å²) >= 11 is 0. The lowest BCUT2D eigenvalue weighted by Gasteiger charge is -2.20. The van der Waals surface area contributed by atoms with Crippen LogP contribution in [0.25, 0.3) is 5.69 Å². The molecule has 1 amide bonds. The zero-order valence-corrected chi connectivity index (χ0v) is 15.6. The van der Waals surface area contributed by atoms with Gasteiger partial charge in [0.1, 0.15) is 11.6 Å². The van der Waals surface area contributed by atoms with E-state index in [0.717, 1.165) is 22.5 Å². The number of amides is 1. The number of nitrogens with one attached hydrogen (secondary N) is 1. The summed E-state index contributed by atoms with van der Waals surface area (Å²) in [5.41, 5.74) is 4.36. The fourth-order valence-corrected chi connectivity index (χ4v) is 2.96. The van der Waals surface area contributed by atoms with Crippen LogP contribution in [0.2, 0.25) is 0 Å². The summed E-state index contributed by atoms with van der Waals surface area (Å²) in [6, 6.07) is 17.6. The zero-order chi connectivity index (χ0) is 19.4. The highest BCUT2D eigenvalue weighted by Gasteiger charge is 2.16. The lowest BCUT2D eigenvalue weighted by molar-refractivity contribution is -0.115. The number of likely N-dealkylation sites (N-methyl/N-ethyl adjacent to an activating group) is 1. The van der Waals surface area contributed by atoms with Crippen LogP contribution in [-0.2, 0) is 4.79 Å². The van der Waals surface area contributed by atoms with Crippen molar-refractivity contribution in [1.82, 2.24) is 9.78 Å². The minimum absolute atomic E-state index is 0.160. The maximum atomic E-state index is 12.6. The van der Waals surface area contributed by atoms with E-state index in [4.69, 9.17) is 0 Å². The number of hydrogen-bond acceptors (Lipinski definition) is 4. The molecule has 136 valence electrons. The average molecular weight is 359 g/mol. The zero-order valence-electron chi connectivity index (χ0n) is 15.6. The number of nitrogens with zero attached hydrogens (tertiary/aromatic N) is 4. The van der Waals surface area contributed by atoms with Gasteiger partial charge in [0.05, 0.1) is 18.4 Å². The molecule has 1 aromatic heterocycles. The Morgan fingerprint density at radius 2 is 1.85 bits per heavy atom. The average Bonchev–Trinajstić information content (AvgIpc) is 3.04. The van der Waals surface area contributed by atoms with Gasteiger partial charge in [-0.15, -0.1) is 0 Å². The van der Waals surface area contributed by atoms with Gasteiger partial charge in [-0.1, -0.05) is 24.3 Å². The Morgan fingerprint density at radius 3 is 2.48 bits per heavy atom. The van der Waals surface area contributed by atoms with E-state index < -0.39 is 0 Å². The van der Waals surface area contributed by atoms with Gasteiger partial charge in [0.15, 0.2) is 5.82 Å². The Kier molecular flexibility index (Phi) is 5.23. The van der Waals surface area contributed by atoms with Crippen molar-refractivity contribution in [3.8, 4) is 11.8 Å². The van der Waals surface area contributed by atoms with Gasteiger partial charge >= 0.3 is 0 Å². The quantitative estimate of drug-likeness (QED) is 0.757. The fourth-order valence-electron chi connectivity index (χ4n) is 2.96. The Labute approximate surface area is 158 Å². The highest BCUT2D eigenvalue weighted by Crippen LogP contribution is 2.20. The van der Waals surface area contributed by atoms with Gasteiger partial charge < -0.3 is 10.2 Å². The second kappa shape index (κ2) is 7.75. The number of hydrogen-bond donors (Lipinski definition) is 1. The van der Waals surface area contributed by atoms with Crippen LogP contribution < -0.4 is 10.2 Å². The van der Waals surface area contributed by atoms with Crippen molar-refractivity contribution in [2.24, 2.45) is 0 Å². The molecule has 0 spiro atoms. The Hall–Kier alpha value is -3.59. The summed E-state index contributed by atoms with van der Waals surface area (Å²) in [7, 11) is 1.87. The van der Waals surface area contributed by atoms with E-state index in [-0.39, 0.29) is 12.5 Å². The van der Waals surface area contributed by atoms with E-state index in [2.05, 4.69) is 22.6 Å². The maximum absolute atomic E-state index is 12.6. The largest absolute Gasteiger partial charge is 0.365 e. The second-order valence-corrected chi connectivity index (χ2v) is 6.52. The first-order chi connectivity index (χ1) is 13.0. The minimum atomic E-state index is -0.217. The van der Waals surface area contributed by atoms with Crippen molar-refractivity contribution < 1.29 is 4.79 Å². The van der Waals surface area contributed by atoms with Gasteiger partial charge in [-0.05, 0) is 49.2 Å². The molecule has 1 heterocycles. The number of aromatic nitrogens is 2. The monoisotopic (exact) mass is 359 g/mol. The van der Waals surface area contributed by atoms with Crippen molar-refractivity contribution in [1.29, 1.82) is 5.26 Å². The summed E-state index contributed by atoms with van der Waals surface area (Å²) in [4.78, 5) is 14.5. The van der Waals surface area contributed by atoms with E-state index in [0.29, 0.717) is 11.4 Å². The van der Waals surface area contributed by atoms with Gasteiger partial charge in [-0.2, -0.15) is 10.4 Å². The number of para-hydroxylation sites is 1. The molecule has 0 aliphatic rings. The molecule has 6 nitrogen and oxygen atoms in total. The van der Waals surface area contributed by atoms with Gasteiger partial charge in [0, 0.05) is 12.7 Å². The normalized spacial score (nSPS) is 10.3. The predicted octanol–water partition coefficient (Wildman–Crippen LogP) is 3.44. The molecule has 27 heavy (non-hydrogen) atoms. The molecule has 0 aliphatic carbocycles. The third-order valence-electron chi connectivity index (χ3n) is 4.18. The molecule has 0 bridgehead atoms. The molecule has 0 unspecified atom stereocenters. The van der Waals surface area contributed by atoms with Crippen LogP contribution in [0.4, 0.5) is 11.5 Å². The molecule has 6 heteroatoms. The van der Waals surface area contributed by atoms with Crippen molar-refractivity contribution in [2.45, 2.75) is 13.8 Å². The highest BCUT2D eigenvalue weighted by atomic mass is 16.2. The molecule has 3 rings (SSSR count). The first kappa shape index (κ1) is 18.2. The van der Waals surface area contributed by atoms with E-state index >= 15 is 0 Å². The third-order valence-corrected chi connectivity index (χ3v) is 4.18. The van der Waals surface area contributed by atoms with Crippen molar-refractivity contribution >= 4 is 17.4 Å². The fraction of sp³-hybridized carbons (Fsp3) is 0.190. The number of nitriles is 1. The summed E-state index contributed by atoms with van der Waals surface area (Å²) in [5, 5.41) is 16.4. The molecule has 0 saturated carbocycles. The van der Waals surface area contributed by atoms with Crippen LogP contribution in [0.3, 0.4) is 0 Å². The smallest absolute Gasteiger partial charge is 0.245 e.